The summed E-state index contributed by atoms with van der Waals surface area (Å²) in [6, 6.07) is 0.227. The number of morpholine rings is 1. The van der Waals surface area contributed by atoms with Gasteiger partial charge in [0, 0.05) is 26.2 Å². The van der Waals surface area contributed by atoms with Crippen molar-refractivity contribution in [2.75, 3.05) is 39.4 Å². The first-order chi connectivity index (χ1) is 8.31. The second-order valence-electron chi connectivity index (χ2n) is 5.07. The SMILES string of the molecule is CCC1CCCN(C(=O)N2CCOCC2)CC1. The van der Waals surface area contributed by atoms with Gasteiger partial charge in [0.15, 0.2) is 0 Å². The fourth-order valence-corrected chi connectivity index (χ4v) is 2.72. The summed E-state index contributed by atoms with van der Waals surface area (Å²) < 4.78 is 5.28. The molecule has 2 aliphatic rings. The number of urea groups is 1. The van der Waals surface area contributed by atoms with E-state index in [-0.39, 0.29) is 6.03 Å². The first-order valence-electron chi connectivity index (χ1n) is 6.93. The van der Waals surface area contributed by atoms with E-state index in [1.807, 2.05) is 9.80 Å². The molecule has 2 fully saturated rings. The molecular formula is C13H24N2O2. The molecule has 2 amide bonds. The lowest BCUT2D eigenvalue weighted by Gasteiger charge is -2.32. The zero-order valence-corrected chi connectivity index (χ0v) is 10.9. The van der Waals surface area contributed by atoms with E-state index in [9.17, 15) is 4.79 Å². The van der Waals surface area contributed by atoms with Crippen LogP contribution in [-0.4, -0.2) is 55.2 Å². The Balaban J connectivity index is 1.85. The van der Waals surface area contributed by atoms with Crippen molar-refractivity contribution >= 4 is 6.03 Å². The number of carbonyl (C=O) groups is 1. The van der Waals surface area contributed by atoms with E-state index in [4.69, 9.17) is 4.74 Å². The number of amides is 2. The molecule has 0 bridgehead atoms. The van der Waals surface area contributed by atoms with Crippen LogP contribution in [0.2, 0.25) is 0 Å². The second kappa shape index (κ2) is 6.24. The third-order valence-corrected chi connectivity index (χ3v) is 3.98. The molecule has 0 aromatic rings. The van der Waals surface area contributed by atoms with Gasteiger partial charge in [0.1, 0.15) is 0 Å². The number of nitrogens with zero attached hydrogens (tertiary/aromatic N) is 2. The Morgan fingerprint density at radius 3 is 2.53 bits per heavy atom. The number of hydrogen-bond acceptors (Lipinski definition) is 2. The molecule has 4 heteroatoms. The predicted octanol–water partition coefficient (Wildman–Crippen LogP) is 1.95. The second-order valence-corrected chi connectivity index (χ2v) is 5.07. The molecule has 0 N–H and O–H groups in total. The lowest BCUT2D eigenvalue weighted by atomic mass is 9.98. The average Bonchev–Trinajstić information content (AvgIpc) is 2.64. The quantitative estimate of drug-likeness (QED) is 0.702. The average molecular weight is 240 g/mol. The van der Waals surface area contributed by atoms with Gasteiger partial charge in [0.2, 0.25) is 0 Å². The van der Waals surface area contributed by atoms with E-state index < -0.39 is 0 Å². The highest BCUT2D eigenvalue weighted by Gasteiger charge is 2.25. The summed E-state index contributed by atoms with van der Waals surface area (Å²) >= 11 is 0. The van der Waals surface area contributed by atoms with Crippen molar-refractivity contribution in [1.82, 2.24) is 9.80 Å². The monoisotopic (exact) mass is 240 g/mol. The predicted molar refractivity (Wildman–Crippen MR) is 67.0 cm³/mol. The summed E-state index contributed by atoms with van der Waals surface area (Å²) in [7, 11) is 0. The number of ether oxygens (including phenoxy) is 1. The topological polar surface area (TPSA) is 32.8 Å². The Labute approximate surface area is 104 Å². The molecule has 1 unspecified atom stereocenters. The number of hydrogen-bond donors (Lipinski definition) is 0. The molecule has 2 rings (SSSR count). The highest BCUT2D eigenvalue weighted by Crippen LogP contribution is 2.21. The van der Waals surface area contributed by atoms with E-state index in [2.05, 4.69) is 6.92 Å². The van der Waals surface area contributed by atoms with Crippen molar-refractivity contribution in [2.45, 2.75) is 32.6 Å². The number of carbonyl (C=O) groups excluding carboxylic acids is 1. The van der Waals surface area contributed by atoms with E-state index in [0.29, 0.717) is 13.2 Å². The van der Waals surface area contributed by atoms with Gasteiger partial charge in [-0.3, -0.25) is 0 Å². The summed E-state index contributed by atoms with van der Waals surface area (Å²) in [6.45, 7) is 7.03. The molecule has 0 saturated carbocycles. The number of likely N-dealkylation sites (tertiary alicyclic amines) is 1. The molecule has 0 aromatic heterocycles. The molecule has 4 nitrogen and oxygen atoms in total. The van der Waals surface area contributed by atoms with Crippen molar-refractivity contribution in [2.24, 2.45) is 5.92 Å². The van der Waals surface area contributed by atoms with Crippen LogP contribution in [0.5, 0.6) is 0 Å². The zero-order chi connectivity index (χ0) is 12.1. The minimum absolute atomic E-state index is 0.227. The first kappa shape index (κ1) is 12.7. The van der Waals surface area contributed by atoms with Crippen LogP contribution in [-0.2, 0) is 4.74 Å². The Morgan fingerprint density at radius 1 is 1.12 bits per heavy atom. The largest absolute Gasteiger partial charge is 0.378 e. The van der Waals surface area contributed by atoms with Crippen LogP contribution >= 0.6 is 0 Å². The Kier molecular flexibility index (Phi) is 4.66. The van der Waals surface area contributed by atoms with E-state index in [1.165, 1.54) is 19.3 Å². The van der Waals surface area contributed by atoms with Crippen LogP contribution in [0.3, 0.4) is 0 Å². The zero-order valence-electron chi connectivity index (χ0n) is 10.9. The van der Waals surface area contributed by atoms with Crippen molar-refractivity contribution in [1.29, 1.82) is 0 Å². The van der Waals surface area contributed by atoms with Crippen LogP contribution in [0.15, 0.2) is 0 Å². The van der Waals surface area contributed by atoms with Crippen molar-refractivity contribution < 1.29 is 9.53 Å². The van der Waals surface area contributed by atoms with Crippen LogP contribution in [0.1, 0.15) is 32.6 Å². The first-order valence-corrected chi connectivity index (χ1v) is 6.93. The molecule has 2 saturated heterocycles. The maximum Gasteiger partial charge on any atom is 0.320 e. The summed E-state index contributed by atoms with van der Waals surface area (Å²) in [5.41, 5.74) is 0. The molecular weight excluding hydrogens is 216 g/mol. The normalized spacial score (nSPS) is 26.8. The molecule has 0 aromatic carbocycles. The molecule has 2 aliphatic heterocycles. The minimum atomic E-state index is 0.227. The summed E-state index contributed by atoms with van der Waals surface area (Å²) in [5.74, 6) is 0.817. The molecule has 0 radical (unpaired) electrons. The fourth-order valence-electron chi connectivity index (χ4n) is 2.72. The standard InChI is InChI=1S/C13H24N2O2/c1-2-12-4-3-6-14(7-5-12)13(16)15-8-10-17-11-9-15/h12H,2-11H2,1H3. The van der Waals surface area contributed by atoms with Gasteiger partial charge in [-0.05, 0) is 25.2 Å². The summed E-state index contributed by atoms with van der Waals surface area (Å²) in [6.07, 6.45) is 4.87. The van der Waals surface area contributed by atoms with Gasteiger partial charge < -0.3 is 14.5 Å². The summed E-state index contributed by atoms with van der Waals surface area (Å²) in [4.78, 5) is 16.3. The Bertz CT molecular complexity index is 252. The van der Waals surface area contributed by atoms with Gasteiger partial charge in [-0.15, -0.1) is 0 Å². The molecule has 0 aliphatic carbocycles. The van der Waals surface area contributed by atoms with E-state index in [0.717, 1.165) is 38.5 Å². The molecule has 0 spiro atoms. The van der Waals surface area contributed by atoms with Gasteiger partial charge in [-0.25, -0.2) is 4.79 Å². The maximum absolute atomic E-state index is 12.3. The molecule has 2 heterocycles. The van der Waals surface area contributed by atoms with Gasteiger partial charge >= 0.3 is 6.03 Å². The van der Waals surface area contributed by atoms with E-state index in [1.54, 1.807) is 0 Å². The third-order valence-electron chi connectivity index (χ3n) is 3.98. The summed E-state index contributed by atoms with van der Waals surface area (Å²) in [5, 5.41) is 0. The van der Waals surface area contributed by atoms with Gasteiger partial charge in [-0.1, -0.05) is 13.3 Å². The van der Waals surface area contributed by atoms with Crippen LogP contribution in [0.25, 0.3) is 0 Å². The smallest absolute Gasteiger partial charge is 0.320 e. The van der Waals surface area contributed by atoms with Crippen molar-refractivity contribution in [3.05, 3.63) is 0 Å². The van der Waals surface area contributed by atoms with Gasteiger partial charge in [0.25, 0.3) is 0 Å². The number of rotatable bonds is 1. The minimum Gasteiger partial charge on any atom is -0.378 e. The van der Waals surface area contributed by atoms with Crippen LogP contribution in [0.4, 0.5) is 4.79 Å². The van der Waals surface area contributed by atoms with E-state index >= 15 is 0 Å². The lowest BCUT2D eigenvalue weighted by molar-refractivity contribution is 0.0435. The van der Waals surface area contributed by atoms with Crippen LogP contribution < -0.4 is 0 Å². The maximum atomic E-state index is 12.3. The molecule has 17 heavy (non-hydrogen) atoms. The highest BCUT2D eigenvalue weighted by molar-refractivity contribution is 5.74. The molecule has 98 valence electrons. The van der Waals surface area contributed by atoms with Gasteiger partial charge in [0.05, 0.1) is 13.2 Å². The van der Waals surface area contributed by atoms with Gasteiger partial charge in [-0.2, -0.15) is 0 Å². The molecule has 1 atom stereocenters. The fraction of sp³-hybridized carbons (Fsp3) is 0.923. The van der Waals surface area contributed by atoms with Crippen LogP contribution in [0, 0.1) is 5.92 Å². The highest BCUT2D eigenvalue weighted by atomic mass is 16.5. The third kappa shape index (κ3) is 3.35. The Morgan fingerprint density at radius 2 is 1.82 bits per heavy atom. The van der Waals surface area contributed by atoms with Crippen molar-refractivity contribution in [3.63, 3.8) is 0 Å². The Hall–Kier alpha value is -0.770. The van der Waals surface area contributed by atoms with Crippen molar-refractivity contribution in [3.8, 4) is 0 Å². The lowest BCUT2D eigenvalue weighted by Crippen LogP contribution is -2.48.